The number of hydrogen-bond donors (Lipinski definition) is 0. The molecule has 0 radical (unpaired) electrons. The van der Waals surface area contributed by atoms with Gasteiger partial charge in [-0.1, -0.05) is 11.2 Å². The topological polar surface area (TPSA) is 113 Å². The number of anilines is 1. The lowest BCUT2D eigenvalue weighted by Crippen LogP contribution is -2.24. The lowest BCUT2D eigenvalue weighted by atomic mass is 10.2. The SMILES string of the molecule is Cn1cnc2ncn(Cc3nc([C@H]4[C@@H]5CN(c6cccc(-n7cccn7)c6)C[C@@H]54)no3)c(=O)c21. The maximum Gasteiger partial charge on any atom is 0.280 e. The van der Waals surface area contributed by atoms with Gasteiger partial charge in [0, 0.05) is 44.1 Å². The normalized spacial score (nSPS) is 21.3. The Morgan fingerprint density at radius 1 is 1.09 bits per heavy atom. The van der Waals surface area contributed by atoms with Gasteiger partial charge in [0.2, 0.25) is 5.89 Å². The molecular formula is C23H21N9O2. The fourth-order valence-corrected chi connectivity index (χ4v) is 5.17. The Morgan fingerprint density at radius 2 is 1.91 bits per heavy atom. The molecule has 1 saturated carbocycles. The Balaban J connectivity index is 1.05. The number of piperidine rings is 1. The predicted molar refractivity (Wildman–Crippen MR) is 122 cm³/mol. The molecule has 2 fully saturated rings. The molecule has 7 rings (SSSR count). The van der Waals surface area contributed by atoms with Crippen molar-refractivity contribution in [3.8, 4) is 5.69 Å². The van der Waals surface area contributed by atoms with Gasteiger partial charge in [-0.05, 0) is 36.1 Å². The van der Waals surface area contributed by atoms with Crippen LogP contribution < -0.4 is 10.5 Å². The maximum atomic E-state index is 12.8. The van der Waals surface area contributed by atoms with Gasteiger partial charge in [0.1, 0.15) is 12.9 Å². The second-order valence-corrected chi connectivity index (χ2v) is 8.98. The largest absolute Gasteiger partial charge is 0.371 e. The number of benzene rings is 1. The van der Waals surface area contributed by atoms with Crippen LogP contribution >= 0.6 is 0 Å². The minimum Gasteiger partial charge on any atom is -0.371 e. The summed E-state index contributed by atoms with van der Waals surface area (Å²) in [6.07, 6.45) is 6.79. The van der Waals surface area contributed by atoms with Crippen molar-refractivity contribution in [1.82, 2.24) is 39.0 Å². The molecule has 170 valence electrons. The van der Waals surface area contributed by atoms with E-state index in [-0.39, 0.29) is 12.1 Å². The van der Waals surface area contributed by atoms with Crippen molar-refractivity contribution < 1.29 is 4.52 Å². The highest BCUT2D eigenvalue weighted by molar-refractivity contribution is 5.68. The molecule has 5 heterocycles. The van der Waals surface area contributed by atoms with E-state index in [1.54, 1.807) is 24.1 Å². The zero-order chi connectivity index (χ0) is 22.8. The molecule has 34 heavy (non-hydrogen) atoms. The molecule has 1 saturated heterocycles. The minimum atomic E-state index is -0.180. The average Bonchev–Trinajstić information content (AvgIpc) is 3.47. The number of nitrogens with zero attached hydrogens (tertiary/aromatic N) is 9. The molecule has 5 aromatic rings. The standard InChI is InChI=1S/C23H21N9O2/c1-29-12-24-22-20(29)23(33)31(13-25-22)11-18-27-21(28-34-18)19-16-9-30(10-17(16)19)14-4-2-5-15(8-14)32-7-3-6-26-32/h2-8,12-13,16-17,19H,9-11H2,1H3/t16-,17+,19+. The van der Waals surface area contributed by atoms with Gasteiger partial charge >= 0.3 is 0 Å². The molecule has 0 bridgehead atoms. The van der Waals surface area contributed by atoms with Gasteiger partial charge in [0.05, 0.1) is 12.0 Å². The van der Waals surface area contributed by atoms with Crippen molar-refractivity contribution >= 4 is 16.9 Å². The summed E-state index contributed by atoms with van der Waals surface area (Å²) >= 11 is 0. The highest BCUT2D eigenvalue weighted by atomic mass is 16.5. The fraction of sp³-hybridized carbons (Fsp3) is 0.304. The Bertz CT molecular complexity index is 1550. The summed E-state index contributed by atoms with van der Waals surface area (Å²) in [5, 5.41) is 8.56. The van der Waals surface area contributed by atoms with Gasteiger partial charge in [0.15, 0.2) is 17.0 Å². The second kappa shape index (κ2) is 7.11. The first-order valence-corrected chi connectivity index (χ1v) is 11.2. The van der Waals surface area contributed by atoms with Gasteiger partial charge in [0.25, 0.3) is 5.56 Å². The monoisotopic (exact) mass is 455 g/mol. The van der Waals surface area contributed by atoms with E-state index in [0.717, 1.165) is 24.6 Å². The van der Waals surface area contributed by atoms with E-state index in [1.165, 1.54) is 16.6 Å². The quantitative estimate of drug-likeness (QED) is 0.393. The molecule has 0 unspecified atom stereocenters. The third-order valence-corrected chi connectivity index (χ3v) is 6.95. The zero-order valence-corrected chi connectivity index (χ0v) is 18.4. The summed E-state index contributed by atoms with van der Waals surface area (Å²) in [6.45, 7) is 2.11. The Hall–Kier alpha value is -4.28. The van der Waals surface area contributed by atoms with Gasteiger partial charge < -0.3 is 14.0 Å². The Kier molecular flexibility index (Phi) is 4.02. The van der Waals surface area contributed by atoms with E-state index in [4.69, 9.17) is 4.52 Å². The molecule has 0 spiro atoms. The van der Waals surface area contributed by atoms with Gasteiger partial charge in [-0.15, -0.1) is 0 Å². The molecule has 1 aliphatic heterocycles. The first kappa shape index (κ1) is 19.2. The van der Waals surface area contributed by atoms with Crippen molar-refractivity contribution in [2.24, 2.45) is 18.9 Å². The number of aryl methyl sites for hydroxylation is 1. The fourth-order valence-electron chi connectivity index (χ4n) is 5.17. The van der Waals surface area contributed by atoms with E-state index in [9.17, 15) is 4.79 Å². The van der Waals surface area contributed by atoms with Crippen molar-refractivity contribution in [2.75, 3.05) is 18.0 Å². The summed E-state index contributed by atoms with van der Waals surface area (Å²) in [6, 6.07) is 10.4. The lowest BCUT2D eigenvalue weighted by Gasteiger charge is -2.22. The van der Waals surface area contributed by atoms with Crippen LogP contribution in [-0.2, 0) is 13.6 Å². The summed E-state index contributed by atoms with van der Waals surface area (Å²) in [4.78, 5) is 28.1. The number of fused-ring (bicyclic) bond motifs is 2. The third-order valence-electron chi connectivity index (χ3n) is 6.95. The van der Waals surface area contributed by atoms with E-state index in [0.29, 0.717) is 34.8 Å². The molecule has 2 aliphatic rings. The highest BCUT2D eigenvalue weighted by Gasteiger charge is 2.58. The van der Waals surface area contributed by atoms with Gasteiger partial charge in [-0.3, -0.25) is 9.36 Å². The molecule has 0 amide bonds. The van der Waals surface area contributed by atoms with Crippen LogP contribution in [0, 0.1) is 11.8 Å². The number of imidazole rings is 1. The number of aromatic nitrogens is 8. The van der Waals surface area contributed by atoms with Crippen molar-refractivity contribution in [3.05, 3.63) is 77.4 Å². The average molecular weight is 455 g/mol. The van der Waals surface area contributed by atoms with Crippen molar-refractivity contribution in [3.63, 3.8) is 0 Å². The van der Waals surface area contributed by atoms with Crippen molar-refractivity contribution in [2.45, 2.75) is 12.5 Å². The smallest absolute Gasteiger partial charge is 0.280 e. The van der Waals surface area contributed by atoms with E-state index >= 15 is 0 Å². The predicted octanol–water partition coefficient (Wildman–Crippen LogP) is 1.60. The molecule has 1 aliphatic carbocycles. The zero-order valence-electron chi connectivity index (χ0n) is 18.4. The van der Waals surface area contributed by atoms with Crippen LogP contribution in [0.15, 0.2) is 64.7 Å². The van der Waals surface area contributed by atoms with Gasteiger partial charge in [-0.25, -0.2) is 14.6 Å². The van der Waals surface area contributed by atoms with Crippen LogP contribution in [0.1, 0.15) is 17.6 Å². The Morgan fingerprint density at radius 3 is 2.74 bits per heavy atom. The summed E-state index contributed by atoms with van der Waals surface area (Å²) in [5.74, 6) is 2.46. The Labute approximate surface area is 193 Å². The summed E-state index contributed by atoms with van der Waals surface area (Å²) in [5.41, 5.74) is 2.96. The minimum absolute atomic E-state index is 0.180. The van der Waals surface area contributed by atoms with Gasteiger partial charge in [-0.2, -0.15) is 10.1 Å². The maximum absolute atomic E-state index is 12.8. The molecule has 1 aromatic carbocycles. The molecule has 11 heteroatoms. The van der Waals surface area contributed by atoms with Crippen LogP contribution in [0.25, 0.3) is 16.9 Å². The number of hydrogen-bond acceptors (Lipinski definition) is 8. The highest BCUT2D eigenvalue weighted by Crippen LogP contribution is 2.57. The first-order valence-electron chi connectivity index (χ1n) is 11.2. The molecular weight excluding hydrogens is 434 g/mol. The van der Waals surface area contributed by atoms with E-state index in [1.807, 2.05) is 16.9 Å². The molecule has 3 atom stereocenters. The third kappa shape index (κ3) is 2.96. The van der Waals surface area contributed by atoms with E-state index in [2.05, 4.69) is 54.4 Å². The molecule has 0 N–H and O–H groups in total. The molecule has 4 aromatic heterocycles. The second-order valence-electron chi connectivity index (χ2n) is 8.98. The van der Waals surface area contributed by atoms with Crippen LogP contribution in [0.2, 0.25) is 0 Å². The first-order chi connectivity index (χ1) is 16.7. The van der Waals surface area contributed by atoms with Crippen LogP contribution in [-0.4, -0.2) is 52.1 Å². The van der Waals surface area contributed by atoms with Crippen LogP contribution in [0.5, 0.6) is 0 Å². The molecule has 11 nitrogen and oxygen atoms in total. The number of rotatable bonds is 5. The van der Waals surface area contributed by atoms with Crippen LogP contribution in [0.4, 0.5) is 5.69 Å². The summed E-state index contributed by atoms with van der Waals surface area (Å²) < 4.78 is 10.5. The van der Waals surface area contributed by atoms with Crippen LogP contribution in [0.3, 0.4) is 0 Å². The lowest BCUT2D eigenvalue weighted by molar-refractivity contribution is 0.363. The van der Waals surface area contributed by atoms with Crippen molar-refractivity contribution in [1.29, 1.82) is 0 Å². The summed E-state index contributed by atoms with van der Waals surface area (Å²) in [7, 11) is 1.77. The van der Waals surface area contributed by atoms with E-state index < -0.39 is 0 Å².